The number of tetrazole rings is 1. The van der Waals surface area contributed by atoms with Crippen molar-refractivity contribution in [3.8, 4) is 0 Å². The number of rotatable bonds is 11. The minimum absolute atomic E-state index is 0.265. The molecule has 1 rings (SSSR count). The Morgan fingerprint density at radius 3 is 2.76 bits per heavy atom. The first-order valence-corrected chi connectivity index (χ1v) is 7.75. The Morgan fingerprint density at radius 2 is 2.10 bits per heavy atom. The fraction of sp³-hybridized carbons (Fsp3) is 0.857. The van der Waals surface area contributed by atoms with Gasteiger partial charge < -0.3 is 10.4 Å². The van der Waals surface area contributed by atoms with Crippen molar-refractivity contribution in [3.63, 3.8) is 0 Å². The molecule has 1 heterocycles. The molecule has 2 unspecified atom stereocenters. The van der Waals surface area contributed by atoms with E-state index < -0.39 is 5.97 Å². The fourth-order valence-electron chi connectivity index (χ4n) is 2.05. The van der Waals surface area contributed by atoms with E-state index in [0.29, 0.717) is 12.6 Å². The Kier molecular flexibility index (Phi) is 7.89. The Labute approximate surface area is 126 Å². The molecule has 1 aromatic rings. The van der Waals surface area contributed by atoms with E-state index in [1.54, 1.807) is 6.92 Å². The topological polar surface area (TPSA) is 92.9 Å². The number of carboxylic acids is 1. The van der Waals surface area contributed by atoms with Crippen LogP contribution in [0.4, 0.5) is 0 Å². The van der Waals surface area contributed by atoms with Crippen molar-refractivity contribution in [2.75, 3.05) is 0 Å². The lowest BCUT2D eigenvalue weighted by Gasteiger charge is -2.14. The van der Waals surface area contributed by atoms with Gasteiger partial charge in [-0.1, -0.05) is 26.7 Å². The summed E-state index contributed by atoms with van der Waals surface area (Å²) in [6.07, 6.45) is 4.76. The first kappa shape index (κ1) is 17.6. The van der Waals surface area contributed by atoms with Crippen LogP contribution >= 0.6 is 0 Å². The lowest BCUT2D eigenvalue weighted by molar-refractivity contribution is -0.141. The van der Waals surface area contributed by atoms with E-state index in [9.17, 15) is 4.79 Å². The van der Waals surface area contributed by atoms with Crippen LogP contribution in [0.3, 0.4) is 0 Å². The first-order chi connectivity index (χ1) is 10.0. The number of nitrogens with one attached hydrogen (secondary N) is 1. The summed E-state index contributed by atoms with van der Waals surface area (Å²) in [6.45, 7) is 7.49. The average molecular weight is 297 g/mol. The number of carboxylic acid groups (broad SMARTS) is 1. The van der Waals surface area contributed by atoms with Crippen LogP contribution in [0.25, 0.3) is 0 Å². The molecule has 0 aromatic carbocycles. The summed E-state index contributed by atoms with van der Waals surface area (Å²) in [4.78, 5) is 10.7. The standard InChI is InChI=1S/C14H27N5O2/c1-4-5-9-19-13(16-17-18-19)10-15-12(3)8-6-7-11(2)14(20)21/h11-12,15H,4-10H2,1-3H3,(H,20,21). The second-order valence-electron chi connectivity index (χ2n) is 5.62. The van der Waals surface area contributed by atoms with Crippen molar-refractivity contribution in [3.05, 3.63) is 5.82 Å². The summed E-state index contributed by atoms with van der Waals surface area (Å²) >= 11 is 0. The summed E-state index contributed by atoms with van der Waals surface area (Å²) < 4.78 is 1.84. The zero-order valence-corrected chi connectivity index (χ0v) is 13.2. The van der Waals surface area contributed by atoms with Crippen LogP contribution in [0.15, 0.2) is 0 Å². The van der Waals surface area contributed by atoms with Gasteiger partial charge in [0.25, 0.3) is 0 Å². The predicted octanol–water partition coefficient (Wildman–Crippen LogP) is 1.84. The van der Waals surface area contributed by atoms with Gasteiger partial charge >= 0.3 is 5.97 Å². The minimum atomic E-state index is -0.717. The van der Waals surface area contributed by atoms with E-state index in [1.165, 1.54) is 0 Å². The van der Waals surface area contributed by atoms with Gasteiger partial charge in [0.1, 0.15) is 0 Å². The largest absolute Gasteiger partial charge is 0.481 e. The van der Waals surface area contributed by atoms with Crippen molar-refractivity contribution in [1.82, 2.24) is 25.5 Å². The van der Waals surface area contributed by atoms with Crippen molar-refractivity contribution in [1.29, 1.82) is 0 Å². The molecule has 7 heteroatoms. The lowest BCUT2D eigenvalue weighted by Crippen LogP contribution is -2.27. The second kappa shape index (κ2) is 9.44. The van der Waals surface area contributed by atoms with Crippen LogP contribution in [0.2, 0.25) is 0 Å². The molecular weight excluding hydrogens is 270 g/mol. The number of aliphatic carboxylic acids is 1. The Balaban J connectivity index is 2.25. The second-order valence-corrected chi connectivity index (χ2v) is 5.62. The molecule has 0 aliphatic heterocycles. The molecule has 120 valence electrons. The van der Waals surface area contributed by atoms with Crippen molar-refractivity contribution >= 4 is 5.97 Å². The van der Waals surface area contributed by atoms with E-state index in [4.69, 9.17) is 5.11 Å². The molecule has 0 aliphatic rings. The molecule has 1 aromatic heterocycles. The molecule has 0 bridgehead atoms. The van der Waals surface area contributed by atoms with E-state index in [0.717, 1.165) is 44.5 Å². The number of aromatic nitrogens is 4. The van der Waals surface area contributed by atoms with E-state index >= 15 is 0 Å². The Morgan fingerprint density at radius 1 is 1.33 bits per heavy atom. The van der Waals surface area contributed by atoms with Crippen molar-refractivity contribution in [2.24, 2.45) is 5.92 Å². The third kappa shape index (κ3) is 6.66. The third-order valence-electron chi connectivity index (χ3n) is 3.63. The number of carbonyl (C=O) groups is 1. The molecule has 0 spiro atoms. The van der Waals surface area contributed by atoms with Crippen LogP contribution in [0.1, 0.15) is 58.7 Å². The van der Waals surface area contributed by atoms with Crippen LogP contribution in [-0.4, -0.2) is 37.3 Å². The maximum absolute atomic E-state index is 10.7. The van der Waals surface area contributed by atoms with E-state index in [-0.39, 0.29) is 5.92 Å². The molecule has 0 saturated carbocycles. The maximum Gasteiger partial charge on any atom is 0.306 e. The summed E-state index contributed by atoms with van der Waals surface area (Å²) in [7, 11) is 0. The highest BCUT2D eigenvalue weighted by atomic mass is 16.4. The molecule has 0 radical (unpaired) electrons. The van der Waals surface area contributed by atoms with Crippen LogP contribution < -0.4 is 5.32 Å². The summed E-state index contributed by atoms with van der Waals surface area (Å²) in [5.41, 5.74) is 0. The smallest absolute Gasteiger partial charge is 0.306 e. The Hall–Kier alpha value is -1.50. The van der Waals surface area contributed by atoms with Crippen molar-refractivity contribution < 1.29 is 9.90 Å². The van der Waals surface area contributed by atoms with Gasteiger partial charge in [0.05, 0.1) is 12.5 Å². The number of hydrogen-bond donors (Lipinski definition) is 2. The van der Waals surface area contributed by atoms with Crippen LogP contribution in [0.5, 0.6) is 0 Å². The molecule has 2 N–H and O–H groups in total. The first-order valence-electron chi connectivity index (χ1n) is 7.75. The molecule has 0 amide bonds. The van der Waals surface area contributed by atoms with Gasteiger partial charge in [-0.3, -0.25) is 4.79 Å². The fourth-order valence-corrected chi connectivity index (χ4v) is 2.05. The molecule has 7 nitrogen and oxygen atoms in total. The SMILES string of the molecule is CCCCn1nnnc1CNC(C)CCCC(C)C(=O)O. The number of hydrogen-bond acceptors (Lipinski definition) is 5. The lowest BCUT2D eigenvalue weighted by atomic mass is 10.0. The number of aryl methyl sites for hydroxylation is 1. The van der Waals surface area contributed by atoms with Gasteiger partial charge in [-0.2, -0.15) is 0 Å². The van der Waals surface area contributed by atoms with Gasteiger partial charge in [0, 0.05) is 12.6 Å². The van der Waals surface area contributed by atoms with Crippen LogP contribution in [0, 0.1) is 5.92 Å². The molecule has 0 fully saturated rings. The van der Waals surface area contributed by atoms with E-state index in [2.05, 4.69) is 34.7 Å². The highest BCUT2D eigenvalue weighted by molar-refractivity contribution is 5.69. The minimum Gasteiger partial charge on any atom is -0.481 e. The zero-order chi connectivity index (χ0) is 15.7. The van der Waals surface area contributed by atoms with Crippen LogP contribution in [-0.2, 0) is 17.9 Å². The molecule has 21 heavy (non-hydrogen) atoms. The molecular formula is C14H27N5O2. The normalized spacial score (nSPS) is 14.0. The Bertz CT molecular complexity index is 421. The predicted molar refractivity (Wildman–Crippen MR) is 79.7 cm³/mol. The zero-order valence-electron chi connectivity index (χ0n) is 13.2. The van der Waals surface area contributed by atoms with Crippen molar-refractivity contribution in [2.45, 2.75) is 72.0 Å². The van der Waals surface area contributed by atoms with Gasteiger partial charge in [0.15, 0.2) is 5.82 Å². The molecule has 0 aliphatic carbocycles. The maximum atomic E-state index is 10.7. The van der Waals surface area contributed by atoms with Gasteiger partial charge in [-0.05, 0) is 36.6 Å². The molecule has 2 atom stereocenters. The summed E-state index contributed by atoms with van der Waals surface area (Å²) in [5.74, 6) is -0.126. The summed E-state index contributed by atoms with van der Waals surface area (Å²) in [6, 6.07) is 0.322. The quantitative estimate of drug-likeness (QED) is 0.647. The number of nitrogens with zero attached hydrogens (tertiary/aromatic N) is 4. The highest BCUT2D eigenvalue weighted by Crippen LogP contribution is 2.10. The van der Waals surface area contributed by atoms with Gasteiger partial charge in [-0.25, -0.2) is 4.68 Å². The van der Waals surface area contributed by atoms with E-state index in [1.807, 2.05) is 4.68 Å². The van der Waals surface area contributed by atoms with Gasteiger partial charge in [-0.15, -0.1) is 5.10 Å². The molecule has 0 saturated heterocycles. The monoisotopic (exact) mass is 297 g/mol. The number of unbranched alkanes of at least 4 members (excludes halogenated alkanes) is 1. The van der Waals surface area contributed by atoms with Gasteiger partial charge in [0.2, 0.25) is 0 Å². The summed E-state index contributed by atoms with van der Waals surface area (Å²) in [5, 5.41) is 24.0. The average Bonchev–Trinajstić information content (AvgIpc) is 2.90. The third-order valence-corrected chi connectivity index (χ3v) is 3.63. The highest BCUT2D eigenvalue weighted by Gasteiger charge is 2.12.